The number of hydrogen-bond acceptors (Lipinski definition) is 4. The molecule has 2 rings (SSSR count). The van der Waals surface area contributed by atoms with E-state index < -0.39 is 24.0 Å². The third kappa shape index (κ3) is 3.52. The van der Waals surface area contributed by atoms with Gasteiger partial charge in [0.25, 0.3) is 0 Å². The minimum atomic E-state index is -0.554. The number of benzene rings is 1. The van der Waals surface area contributed by atoms with E-state index in [-0.39, 0.29) is 11.7 Å². The Labute approximate surface area is 135 Å². The Bertz CT molecular complexity index is 579. The molecule has 6 heteroatoms. The normalized spacial score (nSPS) is 24.4. The summed E-state index contributed by atoms with van der Waals surface area (Å²) in [5.41, 5.74) is 0.429. The van der Waals surface area contributed by atoms with Gasteiger partial charge in [0, 0.05) is 18.2 Å². The van der Waals surface area contributed by atoms with Crippen LogP contribution in [-0.4, -0.2) is 43.5 Å². The summed E-state index contributed by atoms with van der Waals surface area (Å²) in [6.07, 6.45) is 1.14. The molecule has 1 fully saturated rings. The average molecular weight is 322 g/mol. The smallest absolute Gasteiger partial charge is 0.323 e. The number of halogens is 1. The summed E-state index contributed by atoms with van der Waals surface area (Å²) in [5.74, 6) is -1.42. The fourth-order valence-electron chi connectivity index (χ4n) is 3.19. The minimum Gasteiger partial charge on any atom is -0.468 e. The summed E-state index contributed by atoms with van der Waals surface area (Å²) in [6, 6.07) is 5.33. The van der Waals surface area contributed by atoms with Crippen LogP contribution in [0.5, 0.6) is 0 Å². The maximum atomic E-state index is 14.2. The Balaban J connectivity index is 2.34. The van der Waals surface area contributed by atoms with Crippen molar-refractivity contribution in [1.82, 2.24) is 10.2 Å². The van der Waals surface area contributed by atoms with Crippen molar-refractivity contribution in [3.8, 4) is 0 Å². The number of rotatable bonds is 5. The van der Waals surface area contributed by atoms with Crippen LogP contribution in [0.15, 0.2) is 24.3 Å². The second kappa shape index (κ2) is 7.55. The molecule has 1 aromatic carbocycles. The zero-order chi connectivity index (χ0) is 17.0. The lowest BCUT2D eigenvalue weighted by Crippen LogP contribution is -2.37. The summed E-state index contributed by atoms with van der Waals surface area (Å²) in [4.78, 5) is 26.2. The number of esters is 1. The Morgan fingerprint density at radius 3 is 2.70 bits per heavy atom. The first-order valence-electron chi connectivity index (χ1n) is 7.83. The summed E-state index contributed by atoms with van der Waals surface area (Å²) in [6.45, 7) is 2.53. The van der Waals surface area contributed by atoms with Gasteiger partial charge in [-0.2, -0.15) is 0 Å². The number of nitrogens with zero attached hydrogens (tertiary/aromatic N) is 1. The molecule has 1 N–H and O–H groups in total. The highest BCUT2D eigenvalue weighted by molar-refractivity contribution is 5.83. The van der Waals surface area contributed by atoms with E-state index in [9.17, 15) is 14.0 Å². The molecule has 0 radical (unpaired) electrons. The van der Waals surface area contributed by atoms with E-state index in [0.29, 0.717) is 18.5 Å². The van der Waals surface area contributed by atoms with Crippen LogP contribution in [0.4, 0.5) is 4.39 Å². The van der Waals surface area contributed by atoms with Crippen molar-refractivity contribution in [3.05, 3.63) is 35.6 Å². The molecule has 0 unspecified atom stereocenters. The maximum Gasteiger partial charge on any atom is 0.323 e. The summed E-state index contributed by atoms with van der Waals surface area (Å²) < 4.78 is 19.1. The molecule has 1 saturated heterocycles. The van der Waals surface area contributed by atoms with E-state index in [2.05, 4.69) is 5.32 Å². The molecule has 0 bridgehead atoms. The van der Waals surface area contributed by atoms with Gasteiger partial charge in [0.05, 0.1) is 13.0 Å². The van der Waals surface area contributed by atoms with Crippen molar-refractivity contribution in [3.63, 3.8) is 0 Å². The van der Waals surface area contributed by atoms with Crippen LogP contribution in [-0.2, 0) is 14.3 Å². The number of carbonyl (C=O) groups excluding carboxylic acids is 2. The first kappa shape index (κ1) is 17.4. The van der Waals surface area contributed by atoms with E-state index in [1.165, 1.54) is 13.2 Å². The molecule has 126 valence electrons. The predicted octanol–water partition coefficient (Wildman–Crippen LogP) is 1.89. The number of likely N-dealkylation sites (tertiary alicyclic amines) is 1. The standard InChI is InChI=1S/C17H23FN2O3/c1-4-9-19-16(21)12-10-14(17(22)23-3)20(2)15(12)11-7-5-6-8-13(11)18/h5-8,12,14-15H,4,9-10H2,1-3H3,(H,19,21)/t12-,14-,15-/m0/s1. The summed E-state index contributed by atoms with van der Waals surface area (Å²) >= 11 is 0. The SMILES string of the molecule is CCCNC(=O)[C@H]1C[C@@H](C(=O)OC)N(C)[C@H]1c1ccccc1F. The van der Waals surface area contributed by atoms with Crippen molar-refractivity contribution in [2.75, 3.05) is 20.7 Å². The van der Waals surface area contributed by atoms with E-state index in [4.69, 9.17) is 4.74 Å². The van der Waals surface area contributed by atoms with E-state index in [1.807, 2.05) is 6.92 Å². The van der Waals surface area contributed by atoms with Crippen LogP contribution < -0.4 is 5.32 Å². The zero-order valence-electron chi connectivity index (χ0n) is 13.7. The second-order valence-corrected chi connectivity index (χ2v) is 5.80. The van der Waals surface area contributed by atoms with Gasteiger partial charge in [-0.05, 0) is 26.0 Å². The monoisotopic (exact) mass is 322 g/mol. The second-order valence-electron chi connectivity index (χ2n) is 5.80. The molecule has 1 heterocycles. The number of likely N-dealkylation sites (N-methyl/N-ethyl adjacent to an activating group) is 1. The molecular weight excluding hydrogens is 299 g/mol. The Kier molecular flexibility index (Phi) is 5.71. The number of carbonyl (C=O) groups is 2. The van der Waals surface area contributed by atoms with Gasteiger partial charge in [0.1, 0.15) is 11.9 Å². The van der Waals surface area contributed by atoms with E-state index in [0.717, 1.165) is 6.42 Å². The molecule has 1 aliphatic heterocycles. The Hall–Kier alpha value is -1.95. The number of hydrogen-bond donors (Lipinski definition) is 1. The third-order valence-corrected chi connectivity index (χ3v) is 4.37. The predicted molar refractivity (Wildman–Crippen MR) is 84.1 cm³/mol. The topological polar surface area (TPSA) is 58.6 Å². The molecule has 0 saturated carbocycles. The molecule has 1 aliphatic rings. The van der Waals surface area contributed by atoms with Crippen molar-refractivity contribution in [2.45, 2.75) is 31.8 Å². The molecule has 1 amide bonds. The third-order valence-electron chi connectivity index (χ3n) is 4.37. The highest BCUT2D eigenvalue weighted by Gasteiger charge is 2.47. The largest absolute Gasteiger partial charge is 0.468 e. The molecule has 5 nitrogen and oxygen atoms in total. The molecule has 0 aliphatic carbocycles. The van der Waals surface area contributed by atoms with Gasteiger partial charge < -0.3 is 10.1 Å². The summed E-state index contributed by atoms with van der Waals surface area (Å²) in [5, 5.41) is 2.85. The molecule has 1 aromatic rings. The van der Waals surface area contributed by atoms with Gasteiger partial charge in [-0.3, -0.25) is 14.5 Å². The van der Waals surface area contributed by atoms with Gasteiger partial charge in [0.2, 0.25) is 5.91 Å². The van der Waals surface area contributed by atoms with E-state index >= 15 is 0 Å². The quantitative estimate of drug-likeness (QED) is 0.841. The van der Waals surface area contributed by atoms with Gasteiger partial charge in [0.15, 0.2) is 0 Å². The number of ether oxygens (including phenoxy) is 1. The van der Waals surface area contributed by atoms with Crippen LogP contribution in [0.2, 0.25) is 0 Å². The number of methoxy groups -OCH3 is 1. The Morgan fingerprint density at radius 2 is 2.09 bits per heavy atom. The van der Waals surface area contributed by atoms with Crippen LogP contribution >= 0.6 is 0 Å². The molecule has 0 aromatic heterocycles. The highest BCUT2D eigenvalue weighted by Crippen LogP contribution is 2.41. The lowest BCUT2D eigenvalue weighted by Gasteiger charge is -2.27. The number of amides is 1. The fraction of sp³-hybridized carbons (Fsp3) is 0.529. The maximum absolute atomic E-state index is 14.2. The lowest BCUT2D eigenvalue weighted by molar-refractivity contribution is -0.145. The van der Waals surface area contributed by atoms with Crippen LogP contribution in [0, 0.1) is 11.7 Å². The fourth-order valence-corrected chi connectivity index (χ4v) is 3.19. The van der Waals surface area contributed by atoms with Crippen molar-refractivity contribution in [2.24, 2.45) is 5.92 Å². The van der Waals surface area contributed by atoms with Gasteiger partial charge in [-0.1, -0.05) is 25.1 Å². The summed E-state index contributed by atoms with van der Waals surface area (Å²) in [7, 11) is 3.05. The molecule has 3 atom stereocenters. The van der Waals surface area contributed by atoms with Gasteiger partial charge >= 0.3 is 5.97 Å². The lowest BCUT2D eigenvalue weighted by atomic mass is 9.92. The van der Waals surface area contributed by atoms with Crippen LogP contribution in [0.1, 0.15) is 31.4 Å². The molecule has 0 spiro atoms. The van der Waals surface area contributed by atoms with Crippen molar-refractivity contribution in [1.29, 1.82) is 0 Å². The zero-order valence-corrected chi connectivity index (χ0v) is 13.7. The highest BCUT2D eigenvalue weighted by atomic mass is 19.1. The average Bonchev–Trinajstić information content (AvgIpc) is 2.90. The van der Waals surface area contributed by atoms with Crippen molar-refractivity contribution < 1.29 is 18.7 Å². The van der Waals surface area contributed by atoms with E-state index in [1.54, 1.807) is 30.1 Å². The van der Waals surface area contributed by atoms with Crippen molar-refractivity contribution >= 4 is 11.9 Å². The molecule has 23 heavy (non-hydrogen) atoms. The minimum absolute atomic E-state index is 0.154. The first-order chi connectivity index (χ1) is 11.0. The molecular formula is C17H23FN2O3. The van der Waals surface area contributed by atoms with Crippen LogP contribution in [0.3, 0.4) is 0 Å². The van der Waals surface area contributed by atoms with Gasteiger partial charge in [-0.25, -0.2) is 4.39 Å². The van der Waals surface area contributed by atoms with Crippen LogP contribution in [0.25, 0.3) is 0 Å². The number of nitrogens with one attached hydrogen (secondary N) is 1. The Morgan fingerprint density at radius 1 is 1.39 bits per heavy atom. The first-order valence-corrected chi connectivity index (χ1v) is 7.83. The van der Waals surface area contributed by atoms with Gasteiger partial charge in [-0.15, -0.1) is 0 Å².